The Morgan fingerprint density at radius 2 is 2.08 bits per heavy atom. The quantitative estimate of drug-likeness (QED) is 0.512. The summed E-state index contributed by atoms with van der Waals surface area (Å²) in [4.78, 5) is 18.5. The van der Waals surface area contributed by atoms with Gasteiger partial charge < -0.3 is 0 Å². The van der Waals surface area contributed by atoms with Crippen LogP contribution in [0.15, 0.2) is 4.34 Å². The summed E-state index contributed by atoms with van der Waals surface area (Å²) in [5.74, 6) is 0.577. The van der Waals surface area contributed by atoms with E-state index in [9.17, 15) is 4.79 Å². The Balaban J connectivity index is 1.54. The fraction of sp³-hybridized carbons (Fsp3) is 0.467. The van der Waals surface area contributed by atoms with Crippen molar-refractivity contribution in [1.82, 2.24) is 30.2 Å². The highest BCUT2D eigenvalue weighted by atomic mass is 32.2. The van der Waals surface area contributed by atoms with E-state index in [4.69, 9.17) is 0 Å². The molecule has 1 N–H and O–H groups in total. The Labute approximate surface area is 162 Å². The summed E-state index contributed by atoms with van der Waals surface area (Å²) in [6.07, 6.45) is 4.48. The topological polar surface area (TPSA) is 98.5 Å². The average Bonchev–Trinajstić information content (AvgIpc) is 3.33. The normalized spacial score (nSPS) is 13.6. The highest BCUT2D eigenvalue weighted by molar-refractivity contribution is 8.01. The molecule has 0 radical (unpaired) electrons. The number of amides is 1. The second-order valence-electron chi connectivity index (χ2n) is 5.77. The van der Waals surface area contributed by atoms with E-state index in [0.717, 1.165) is 33.8 Å². The van der Waals surface area contributed by atoms with E-state index >= 15 is 0 Å². The van der Waals surface area contributed by atoms with Crippen molar-refractivity contribution in [3.05, 3.63) is 22.0 Å². The third kappa shape index (κ3) is 3.38. The molecule has 3 aromatic heterocycles. The van der Waals surface area contributed by atoms with Gasteiger partial charge in [0.25, 0.3) is 5.91 Å². The van der Waals surface area contributed by atoms with Gasteiger partial charge in [0.1, 0.15) is 0 Å². The SMILES string of the molecule is CCSc1nnc(NC(=O)c2nnn(-c3nc4c(s3)CCCC4)c2C)s1. The van der Waals surface area contributed by atoms with Crippen molar-refractivity contribution >= 4 is 45.5 Å². The Hall–Kier alpha value is -1.85. The van der Waals surface area contributed by atoms with Gasteiger partial charge in [0.2, 0.25) is 10.3 Å². The highest BCUT2D eigenvalue weighted by Crippen LogP contribution is 2.29. The molecule has 1 amide bonds. The zero-order chi connectivity index (χ0) is 18.1. The van der Waals surface area contributed by atoms with Crippen molar-refractivity contribution in [2.45, 2.75) is 43.9 Å². The number of thiazole rings is 1. The van der Waals surface area contributed by atoms with Crippen molar-refractivity contribution < 1.29 is 4.79 Å². The number of anilines is 1. The second kappa shape index (κ2) is 7.41. The number of aryl methyl sites for hydroxylation is 2. The molecule has 0 atom stereocenters. The third-order valence-corrected chi connectivity index (χ3v) is 7.01. The predicted octanol–water partition coefficient (Wildman–Crippen LogP) is 3.13. The van der Waals surface area contributed by atoms with Gasteiger partial charge >= 0.3 is 0 Å². The van der Waals surface area contributed by atoms with E-state index in [1.165, 1.54) is 29.1 Å². The Morgan fingerprint density at radius 1 is 1.23 bits per heavy atom. The molecule has 1 aliphatic rings. The maximum atomic E-state index is 12.5. The Kier molecular flexibility index (Phi) is 5.00. The van der Waals surface area contributed by atoms with Crippen LogP contribution in [-0.2, 0) is 12.8 Å². The van der Waals surface area contributed by atoms with Crippen LogP contribution in [0.5, 0.6) is 0 Å². The lowest BCUT2D eigenvalue weighted by atomic mass is 10.0. The average molecular weight is 408 g/mol. The molecule has 0 saturated carbocycles. The molecule has 8 nitrogen and oxygen atoms in total. The number of hydrogen-bond donors (Lipinski definition) is 1. The molecule has 11 heteroatoms. The summed E-state index contributed by atoms with van der Waals surface area (Å²) >= 11 is 4.58. The van der Waals surface area contributed by atoms with Crippen LogP contribution in [0.3, 0.4) is 0 Å². The summed E-state index contributed by atoms with van der Waals surface area (Å²) in [5.41, 5.74) is 2.10. The molecule has 0 aliphatic heterocycles. The minimum absolute atomic E-state index is 0.276. The number of carbonyl (C=O) groups is 1. The van der Waals surface area contributed by atoms with Crippen LogP contribution in [0.2, 0.25) is 0 Å². The van der Waals surface area contributed by atoms with E-state index in [-0.39, 0.29) is 11.6 Å². The van der Waals surface area contributed by atoms with Gasteiger partial charge in [-0.2, -0.15) is 4.68 Å². The van der Waals surface area contributed by atoms with Gasteiger partial charge in [-0.3, -0.25) is 10.1 Å². The molecule has 3 heterocycles. The molecule has 4 rings (SSSR count). The Bertz CT molecular complexity index is 922. The van der Waals surface area contributed by atoms with Crippen LogP contribution in [0.4, 0.5) is 5.13 Å². The number of nitrogens with one attached hydrogen (secondary N) is 1. The van der Waals surface area contributed by atoms with Crippen LogP contribution in [-0.4, -0.2) is 41.8 Å². The molecular weight excluding hydrogens is 390 g/mol. The van der Waals surface area contributed by atoms with E-state index in [1.807, 2.05) is 13.8 Å². The lowest BCUT2D eigenvalue weighted by molar-refractivity contribution is 0.102. The Morgan fingerprint density at radius 3 is 2.88 bits per heavy atom. The molecule has 26 heavy (non-hydrogen) atoms. The lowest BCUT2D eigenvalue weighted by Crippen LogP contribution is -2.14. The number of carbonyl (C=O) groups excluding carboxylic acids is 1. The van der Waals surface area contributed by atoms with E-state index in [0.29, 0.717) is 10.8 Å². The molecule has 0 saturated heterocycles. The molecule has 0 bridgehead atoms. The molecular formula is C15H17N7OS3. The van der Waals surface area contributed by atoms with Gasteiger partial charge in [0, 0.05) is 4.88 Å². The summed E-state index contributed by atoms with van der Waals surface area (Å²) in [6, 6.07) is 0. The van der Waals surface area contributed by atoms with Crippen LogP contribution < -0.4 is 5.32 Å². The lowest BCUT2D eigenvalue weighted by Gasteiger charge is -2.06. The van der Waals surface area contributed by atoms with Crippen molar-refractivity contribution in [3.8, 4) is 5.13 Å². The minimum atomic E-state index is -0.334. The molecule has 0 fully saturated rings. The largest absolute Gasteiger partial charge is 0.295 e. The first-order valence-electron chi connectivity index (χ1n) is 8.34. The van der Waals surface area contributed by atoms with Gasteiger partial charge in [0.05, 0.1) is 11.4 Å². The van der Waals surface area contributed by atoms with Gasteiger partial charge in [-0.1, -0.05) is 46.6 Å². The predicted molar refractivity (Wildman–Crippen MR) is 103 cm³/mol. The summed E-state index contributed by atoms with van der Waals surface area (Å²) < 4.78 is 2.48. The van der Waals surface area contributed by atoms with Crippen molar-refractivity contribution in [2.24, 2.45) is 0 Å². The summed E-state index contributed by atoms with van der Waals surface area (Å²) in [7, 11) is 0. The number of hydrogen-bond acceptors (Lipinski definition) is 9. The van der Waals surface area contributed by atoms with Gasteiger partial charge in [-0.25, -0.2) is 4.98 Å². The van der Waals surface area contributed by atoms with Gasteiger partial charge in [-0.05, 0) is 38.4 Å². The van der Waals surface area contributed by atoms with Crippen molar-refractivity contribution in [1.29, 1.82) is 0 Å². The fourth-order valence-electron chi connectivity index (χ4n) is 2.75. The zero-order valence-electron chi connectivity index (χ0n) is 14.4. The minimum Gasteiger partial charge on any atom is -0.295 e. The van der Waals surface area contributed by atoms with E-state index < -0.39 is 0 Å². The number of thioether (sulfide) groups is 1. The maximum Gasteiger partial charge on any atom is 0.279 e. The standard InChI is InChI=1S/C15H17N7OS3/c1-3-24-15-20-19-13(26-15)17-12(23)11-8(2)22(21-18-11)14-16-9-6-4-5-7-10(9)25-14/h3-7H2,1-2H3,(H,17,19,23). The van der Waals surface area contributed by atoms with Crippen LogP contribution in [0, 0.1) is 6.92 Å². The second-order valence-corrected chi connectivity index (χ2v) is 9.32. The third-order valence-electron chi connectivity index (χ3n) is 4.02. The first-order valence-corrected chi connectivity index (χ1v) is 11.0. The van der Waals surface area contributed by atoms with E-state index in [1.54, 1.807) is 27.8 Å². The van der Waals surface area contributed by atoms with Crippen molar-refractivity contribution in [2.75, 3.05) is 11.1 Å². The van der Waals surface area contributed by atoms with Crippen LogP contribution in [0.1, 0.15) is 46.5 Å². The van der Waals surface area contributed by atoms with Crippen LogP contribution >= 0.6 is 34.4 Å². The monoisotopic (exact) mass is 407 g/mol. The summed E-state index contributed by atoms with van der Waals surface area (Å²) in [5, 5.41) is 20.2. The molecule has 1 aliphatic carbocycles. The molecule has 136 valence electrons. The smallest absolute Gasteiger partial charge is 0.279 e. The zero-order valence-corrected chi connectivity index (χ0v) is 16.8. The van der Waals surface area contributed by atoms with E-state index in [2.05, 4.69) is 30.8 Å². The molecule has 0 aromatic carbocycles. The first-order chi connectivity index (χ1) is 12.7. The summed E-state index contributed by atoms with van der Waals surface area (Å²) in [6.45, 7) is 3.87. The highest BCUT2D eigenvalue weighted by Gasteiger charge is 2.22. The number of rotatable bonds is 5. The molecule has 3 aromatic rings. The molecule has 0 unspecified atom stereocenters. The maximum absolute atomic E-state index is 12.5. The van der Waals surface area contributed by atoms with Crippen molar-refractivity contribution in [3.63, 3.8) is 0 Å². The number of aromatic nitrogens is 6. The fourth-order valence-corrected chi connectivity index (χ4v) is 5.54. The number of fused-ring (bicyclic) bond motifs is 1. The van der Waals surface area contributed by atoms with Gasteiger partial charge in [0.15, 0.2) is 10.0 Å². The van der Waals surface area contributed by atoms with Gasteiger partial charge in [-0.15, -0.1) is 15.3 Å². The number of nitrogens with zero attached hydrogens (tertiary/aromatic N) is 6. The molecule has 0 spiro atoms. The van der Waals surface area contributed by atoms with Crippen LogP contribution in [0.25, 0.3) is 5.13 Å². The first kappa shape index (κ1) is 17.6.